The van der Waals surface area contributed by atoms with Gasteiger partial charge in [-0.3, -0.25) is 0 Å². The molecular formula is C16H19F3IN3. The average Bonchev–Trinajstić information content (AvgIpc) is 3.27. The molecule has 0 aliphatic heterocycles. The zero-order valence-electron chi connectivity index (χ0n) is 12.7. The maximum atomic E-state index is 12.6. The number of nitrogens with one attached hydrogen (secondary N) is 2. The highest BCUT2D eigenvalue weighted by Gasteiger charge is 2.30. The molecule has 0 amide bonds. The molecule has 1 aliphatic carbocycles. The zero-order valence-corrected chi connectivity index (χ0v) is 15.0. The van der Waals surface area contributed by atoms with Crippen LogP contribution in [0.5, 0.6) is 0 Å². The largest absolute Gasteiger partial charge is 0.416 e. The van der Waals surface area contributed by atoms with E-state index in [0.29, 0.717) is 17.6 Å². The fourth-order valence-electron chi connectivity index (χ4n) is 1.77. The van der Waals surface area contributed by atoms with Crippen LogP contribution in [-0.4, -0.2) is 25.1 Å². The minimum absolute atomic E-state index is 0. The standard InChI is InChI=1S/C16H18F3N3.HI/c1-2-20-15(22-14-8-9-14)21-10-4-6-12-5-3-7-13(11-12)16(17,18)19;/h3,5,7,11,14H,2,8-10H2,1H3,(H2,20,21,22);1H. The Bertz CT molecular complexity index is 599. The molecule has 7 heteroatoms. The molecule has 0 atom stereocenters. The van der Waals surface area contributed by atoms with E-state index in [4.69, 9.17) is 0 Å². The minimum Gasteiger partial charge on any atom is -0.357 e. The molecule has 1 aliphatic rings. The molecule has 1 saturated carbocycles. The first-order chi connectivity index (χ1) is 10.5. The van der Waals surface area contributed by atoms with Gasteiger partial charge in [0.15, 0.2) is 5.96 Å². The summed E-state index contributed by atoms with van der Waals surface area (Å²) in [5.74, 6) is 6.19. The van der Waals surface area contributed by atoms with Gasteiger partial charge in [0.1, 0.15) is 6.54 Å². The summed E-state index contributed by atoms with van der Waals surface area (Å²) in [6.45, 7) is 2.95. The lowest BCUT2D eigenvalue weighted by molar-refractivity contribution is -0.137. The van der Waals surface area contributed by atoms with Crippen molar-refractivity contribution < 1.29 is 13.2 Å². The molecule has 0 aromatic heterocycles. The molecule has 126 valence electrons. The van der Waals surface area contributed by atoms with Gasteiger partial charge in [-0.2, -0.15) is 13.2 Å². The van der Waals surface area contributed by atoms with Crippen molar-refractivity contribution in [1.29, 1.82) is 0 Å². The third kappa shape index (κ3) is 7.12. The van der Waals surface area contributed by atoms with E-state index in [1.807, 2.05) is 6.92 Å². The monoisotopic (exact) mass is 437 g/mol. The van der Waals surface area contributed by atoms with Crippen molar-refractivity contribution in [3.63, 3.8) is 0 Å². The number of hydrogen-bond donors (Lipinski definition) is 2. The molecular weight excluding hydrogens is 418 g/mol. The van der Waals surface area contributed by atoms with Crippen LogP contribution >= 0.6 is 24.0 Å². The molecule has 0 spiro atoms. The van der Waals surface area contributed by atoms with Gasteiger partial charge in [-0.15, -0.1) is 24.0 Å². The van der Waals surface area contributed by atoms with Crippen LogP contribution in [0.3, 0.4) is 0 Å². The lowest BCUT2D eigenvalue weighted by Gasteiger charge is -2.08. The molecule has 2 rings (SSSR count). The van der Waals surface area contributed by atoms with E-state index in [1.54, 1.807) is 6.07 Å². The summed E-state index contributed by atoms with van der Waals surface area (Å²) in [7, 11) is 0. The number of hydrogen-bond acceptors (Lipinski definition) is 1. The van der Waals surface area contributed by atoms with Crippen LogP contribution in [0, 0.1) is 11.8 Å². The second-order valence-electron chi connectivity index (χ2n) is 4.99. The van der Waals surface area contributed by atoms with Gasteiger partial charge >= 0.3 is 6.18 Å². The molecule has 23 heavy (non-hydrogen) atoms. The van der Waals surface area contributed by atoms with Crippen LogP contribution in [0.15, 0.2) is 29.3 Å². The number of rotatable bonds is 3. The van der Waals surface area contributed by atoms with Gasteiger partial charge in [0.25, 0.3) is 0 Å². The van der Waals surface area contributed by atoms with Crippen molar-refractivity contribution in [3.05, 3.63) is 35.4 Å². The fraction of sp³-hybridized carbons (Fsp3) is 0.438. The van der Waals surface area contributed by atoms with E-state index in [0.717, 1.165) is 31.5 Å². The predicted octanol–water partition coefficient (Wildman–Crippen LogP) is 3.39. The van der Waals surface area contributed by atoms with Crippen molar-refractivity contribution in [2.75, 3.05) is 13.1 Å². The Hall–Kier alpha value is -1.43. The Balaban J connectivity index is 0.00000264. The Morgan fingerprint density at radius 3 is 2.70 bits per heavy atom. The quantitative estimate of drug-likeness (QED) is 0.329. The van der Waals surface area contributed by atoms with E-state index in [1.165, 1.54) is 6.07 Å². The average molecular weight is 437 g/mol. The van der Waals surface area contributed by atoms with Gasteiger partial charge in [0, 0.05) is 18.2 Å². The van der Waals surface area contributed by atoms with Crippen molar-refractivity contribution in [3.8, 4) is 11.8 Å². The van der Waals surface area contributed by atoms with E-state index in [2.05, 4.69) is 27.5 Å². The van der Waals surface area contributed by atoms with Crippen LogP contribution < -0.4 is 10.6 Å². The van der Waals surface area contributed by atoms with Crippen molar-refractivity contribution >= 4 is 29.9 Å². The first-order valence-corrected chi connectivity index (χ1v) is 7.20. The topological polar surface area (TPSA) is 36.4 Å². The van der Waals surface area contributed by atoms with Crippen LogP contribution in [0.25, 0.3) is 0 Å². The molecule has 1 aromatic carbocycles. The predicted molar refractivity (Wildman–Crippen MR) is 95.9 cm³/mol. The number of guanidine groups is 1. The van der Waals surface area contributed by atoms with Crippen LogP contribution in [-0.2, 0) is 6.18 Å². The number of alkyl halides is 3. The second kappa shape index (κ2) is 9.01. The SMILES string of the molecule is CCNC(=NCC#Cc1cccc(C(F)(F)F)c1)NC1CC1.I. The van der Waals surface area contributed by atoms with Gasteiger partial charge < -0.3 is 10.6 Å². The maximum Gasteiger partial charge on any atom is 0.416 e. The lowest BCUT2D eigenvalue weighted by atomic mass is 10.1. The van der Waals surface area contributed by atoms with Crippen molar-refractivity contribution in [2.24, 2.45) is 4.99 Å². The Morgan fingerprint density at radius 1 is 1.35 bits per heavy atom. The van der Waals surface area contributed by atoms with Crippen molar-refractivity contribution in [1.82, 2.24) is 10.6 Å². The summed E-state index contributed by atoms with van der Waals surface area (Å²) in [5.41, 5.74) is -0.350. The first kappa shape index (κ1) is 19.6. The normalized spacial score (nSPS) is 14.3. The van der Waals surface area contributed by atoms with E-state index < -0.39 is 11.7 Å². The van der Waals surface area contributed by atoms with Crippen LogP contribution in [0.2, 0.25) is 0 Å². The molecule has 0 saturated heterocycles. The highest BCUT2D eigenvalue weighted by molar-refractivity contribution is 14.0. The third-order valence-corrected chi connectivity index (χ3v) is 3.00. The smallest absolute Gasteiger partial charge is 0.357 e. The molecule has 0 radical (unpaired) electrons. The third-order valence-electron chi connectivity index (χ3n) is 3.00. The van der Waals surface area contributed by atoms with E-state index in [9.17, 15) is 13.2 Å². The van der Waals surface area contributed by atoms with Gasteiger partial charge in [-0.25, -0.2) is 4.99 Å². The molecule has 0 bridgehead atoms. The summed E-state index contributed by atoms with van der Waals surface area (Å²) in [4.78, 5) is 4.28. The maximum absolute atomic E-state index is 12.6. The highest BCUT2D eigenvalue weighted by Crippen LogP contribution is 2.29. The summed E-state index contributed by atoms with van der Waals surface area (Å²) in [5, 5.41) is 6.35. The second-order valence-corrected chi connectivity index (χ2v) is 4.99. The van der Waals surface area contributed by atoms with Gasteiger partial charge in [0.05, 0.1) is 5.56 Å². The highest BCUT2D eigenvalue weighted by atomic mass is 127. The molecule has 1 fully saturated rings. The zero-order chi connectivity index (χ0) is 16.0. The van der Waals surface area contributed by atoms with E-state index >= 15 is 0 Å². The van der Waals surface area contributed by atoms with Crippen LogP contribution in [0.4, 0.5) is 13.2 Å². The van der Waals surface area contributed by atoms with Gasteiger partial charge in [-0.1, -0.05) is 17.9 Å². The number of aliphatic imine (C=N–C) groups is 1. The van der Waals surface area contributed by atoms with E-state index in [-0.39, 0.29) is 30.5 Å². The number of benzene rings is 1. The van der Waals surface area contributed by atoms with Gasteiger partial charge in [-0.05, 0) is 38.0 Å². The van der Waals surface area contributed by atoms with Crippen LogP contribution in [0.1, 0.15) is 30.9 Å². The molecule has 0 heterocycles. The van der Waals surface area contributed by atoms with Crippen molar-refractivity contribution in [2.45, 2.75) is 32.0 Å². The Labute approximate surface area is 151 Å². The number of halogens is 4. The Kier molecular flexibility index (Phi) is 7.68. The molecule has 3 nitrogen and oxygen atoms in total. The lowest BCUT2D eigenvalue weighted by Crippen LogP contribution is -2.38. The summed E-state index contributed by atoms with van der Waals surface area (Å²) >= 11 is 0. The van der Waals surface area contributed by atoms with Gasteiger partial charge in [0.2, 0.25) is 0 Å². The molecule has 0 unspecified atom stereocenters. The molecule has 1 aromatic rings. The summed E-state index contributed by atoms with van der Waals surface area (Å²) in [6.07, 6.45) is -2.07. The Morgan fingerprint density at radius 2 is 2.09 bits per heavy atom. The summed E-state index contributed by atoms with van der Waals surface area (Å²) in [6, 6.07) is 5.47. The summed E-state index contributed by atoms with van der Waals surface area (Å²) < 4.78 is 37.8. The number of nitrogens with zero attached hydrogens (tertiary/aromatic N) is 1. The first-order valence-electron chi connectivity index (χ1n) is 7.20. The fourth-order valence-corrected chi connectivity index (χ4v) is 1.77. The molecule has 2 N–H and O–H groups in total. The minimum atomic E-state index is -4.34.